The number of amides is 1. The lowest BCUT2D eigenvalue weighted by atomic mass is 10.1. The second-order valence-corrected chi connectivity index (χ2v) is 5.21. The van der Waals surface area contributed by atoms with Crippen LogP contribution in [0.3, 0.4) is 0 Å². The smallest absolute Gasteiger partial charge is 0.407 e. The Hall–Kier alpha value is -1.75. The molecule has 0 aliphatic heterocycles. The Bertz CT molecular complexity index is 439. The Labute approximate surface area is 114 Å². The maximum atomic E-state index is 11.5. The summed E-state index contributed by atoms with van der Waals surface area (Å²) in [7, 11) is 1.60. The molecule has 5 heteroatoms. The summed E-state index contributed by atoms with van der Waals surface area (Å²) in [6, 6.07) is 5.66. The highest BCUT2D eigenvalue weighted by Gasteiger charge is 2.15. The van der Waals surface area contributed by atoms with Gasteiger partial charge in [0.05, 0.1) is 7.11 Å². The van der Waals surface area contributed by atoms with Gasteiger partial charge in [-0.05, 0) is 32.4 Å². The third kappa shape index (κ3) is 5.18. The van der Waals surface area contributed by atoms with Gasteiger partial charge in [0.15, 0.2) is 0 Å². The van der Waals surface area contributed by atoms with Gasteiger partial charge in [0.1, 0.15) is 11.4 Å². The fourth-order valence-electron chi connectivity index (χ4n) is 1.56. The maximum Gasteiger partial charge on any atom is 0.407 e. The molecule has 0 saturated heterocycles. The monoisotopic (exact) mass is 266 g/mol. The van der Waals surface area contributed by atoms with E-state index in [-0.39, 0.29) is 0 Å². The van der Waals surface area contributed by atoms with Crippen LogP contribution in [0.2, 0.25) is 0 Å². The molecule has 0 radical (unpaired) electrons. The minimum Gasteiger partial charge on any atom is -0.496 e. The summed E-state index contributed by atoms with van der Waals surface area (Å²) in [5.41, 5.74) is 6.97. The van der Waals surface area contributed by atoms with E-state index in [1.54, 1.807) is 7.11 Å². The first-order valence-electron chi connectivity index (χ1n) is 6.18. The van der Waals surface area contributed by atoms with E-state index in [0.29, 0.717) is 13.1 Å². The molecule has 1 aromatic carbocycles. The molecular weight excluding hydrogens is 244 g/mol. The molecule has 3 N–H and O–H groups in total. The molecule has 5 nitrogen and oxygen atoms in total. The Kier molecular flexibility index (Phi) is 5.18. The van der Waals surface area contributed by atoms with Crippen molar-refractivity contribution < 1.29 is 14.3 Å². The summed E-state index contributed by atoms with van der Waals surface area (Å²) in [5.74, 6) is 0.728. The van der Waals surface area contributed by atoms with Crippen LogP contribution in [0.25, 0.3) is 0 Å². The predicted molar refractivity (Wildman–Crippen MR) is 74.0 cm³/mol. The zero-order valence-electron chi connectivity index (χ0n) is 11.9. The van der Waals surface area contributed by atoms with E-state index in [2.05, 4.69) is 5.32 Å². The van der Waals surface area contributed by atoms with Crippen molar-refractivity contribution in [3.05, 3.63) is 29.3 Å². The van der Waals surface area contributed by atoms with Crippen LogP contribution >= 0.6 is 0 Å². The molecule has 0 aromatic heterocycles. The van der Waals surface area contributed by atoms with Gasteiger partial charge in [-0.25, -0.2) is 4.79 Å². The molecule has 0 aliphatic rings. The quantitative estimate of drug-likeness (QED) is 0.876. The summed E-state index contributed by atoms with van der Waals surface area (Å²) in [6.07, 6.45) is -0.436. The number of nitrogens with two attached hydrogens (primary N) is 1. The minimum atomic E-state index is -0.495. The number of hydrogen-bond donors (Lipinski definition) is 2. The van der Waals surface area contributed by atoms with Gasteiger partial charge < -0.3 is 20.5 Å². The molecule has 106 valence electrons. The highest BCUT2D eigenvalue weighted by molar-refractivity contribution is 5.67. The highest BCUT2D eigenvalue weighted by Crippen LogP contribution is 2.19. The number of nitrogens with one attached hydrogen (secondary N) is 1. The largest absolute Gasteiger partial charge is 0.496 e. The van der Waals surface area contributed by atoms with Crippen LogP contribution in [0, 0.1) is 0 Å². The molecule has 0 spiro atoms. The molecule has 0 heterocycles. The first-order valence-corrected chi connectivity index (χ1v) is 6.18. The van der Waals surface area contributed by atoms with Gasteiger partial charge in [0.2, 0.25) is 0 Å². The maximum absolute atomic E-state index is 11.5. The zero-order chi connectivity index (χ0) is 14.5. The highest BCUT2D eigenvalue weighted by atomic mass is 16.6. The molecule has 1 rings (SSSR count). The van der Waals surface area contributed by atoms with E-state index in [1.165, 1.54) is 0 Å². The molecule has 1 aromatic rings. The van der Waals surface area contributed by atoms with Gasteiger partial charge in [0, 0.05) is 18.7 Å². The summed E-state index contributed by atoms with van der Waals surface area (Å²) >= 11 is 0. The van der Waals surface area contributed by atoms with E-state index in [1.807, 2.05) is 39.0 Å². The molecule has 0 saturated carbocycles. The number of carbonyl (C=O) groups excluding carboxylic acids is 1. The van der Waals surface area contributed by atoms with Gasteiger partial charge in [-0.3, -0.25) is 0 Å². The van der Waals surface area contributed by atoms with Crippen molar-refractivity contribution in [3.8, 4) is 5.75 Å². The minimum absolute atomic E-state index is 0.385. The Morgan fingerprint density at radius 2 is 2.05 bits per heavy atom. The molecule has 19 heavy (non-hydrogen) atoms. The molecule has 0 atom stereocenters. The SMILES string of the molecule is COc1cc(CNC(=O)OC(C)(C)C)ccc1CN. The predicted octanol–water partition coefficient (Wildman–Crippen LogP) is 2.18. The van der Waals surface area contributed by atoms with Gasteiger partial charge >= 0.3 is 6.09 Å². The van der Waals surface area contributed by atoms with Crippen molar-refractivity contribution in [1.82, 2.24) is 5.32 Å². The summed E-state index contributed by atoms with van der Waals surface area (Å²) in [6.45, 7) is 6.28. The van der Waals surface area contributed by atoms with E-state index in [0.717, 1.165) is 16.9 Å². The van der Waals surface area contributed by atoms with Crippen LogP contribution in [-0.2, 0) is 17.8 Å². The molecule has 0 fully saturated rings. The van der Waals surface area contributed by atoms with Crippen molar-refractivity contribution in [1.29, 1.82) is 0 Å². The number of carbonyl (C=O) groups is 1. The van der Waals surface area contributed by atoms with Crippen LogP contribution in [0.15, 0.2) is 18.2 Å². The van der Waals surface area contributed by atoms with Crippen molar-refractivity contribution in [2.75, 3.05) is 7.11 Å². The normalized spacial score (nSPS) is 11.0. The van der Waals surface area contributed by atoms with Gasteiger partial charge in [-0.15, -0.1) is 0 Å². The Morgan fingerprint density at radius 3 is 2.58 bits per heavy atom. The Balaban J connectivity index is 2.61. The average Bonchev–Trinajstić information content (AvgIpc) is 2.33. The van der Waals surface area contributed by atoms with Crippen LogP contribution in [0.1, 0.15) is 31.9 Å². The lowest BCUT2D eigenvalue weighted by Crippen LogP contribution is -2.32. The molecule has 0 unspecified atom stereocenters. The summed E-state index contributed by atoms with van der Waals surface area (Å²) in [4.78, 5) is 11.5. The summed E-state index contributed by atoms with van der Waals surface area (Å²) in [5, 5.41) is 2.70. The van der Waals surface area contributed by atoms with Crippen molar-refractivity contribution in [2.24, 2.45) is 5.73 Å². The fraction of sp³-hybridized carbons (Fsp3) is 0.500. The van der Waals surface area contributed by atoms with Gasteiger partial charge in [-0.2, -0.15) is 0 Å². The third-order valence-electron chi connectivity index (χ3n) is 2.41. The van der Waals surface area contributed by atoms with Crippen molar-refractivity contribution in [3.63, 3.8) is 0 Å². The first kappa shape index (κ1) is 15.3. The van der Waals surface area contributed by atoms with E-state index in [4.69, 9.17) is 15.2 Å². The number of benzene rings is 1. The van der Waals surface area contributed by atoms with E-state index in [9.17, 15) is 4.79 Å². The lowest BCUT2D eigenvalue weighted by Gasteiger charge is -2.19. The molecule has 0 bridgehead atoms. The standard InChI is InChI=1S/C14H22N2O3/c1-14(2,3)19-13(17)16-9-10-5-6-11(8-15)12(7-10)18-4/h5-7H,8-9,15H2,1-4H3,(H,16,17). The second kappa shape index (κ2) is 6.43. The molecule has 1 amide bonds. The van der Waals surface area contributed by atoms with Crippen LogP contribution in [0.5, 0.6) is 5.75 Å². The van der Waals surface area contributed by atoms with E-state index >= 15 is 0 Å². The number of ether oxygens (including phenoxy) is 2. The van der Waals surface area contributed by atoms with Gasteiger partial charge in [0.25, 0.3) is 0 Å². The van der Waals surface area contributed by atoms with Gasteiger partial charge in [-0.1, -0.05) is 12.1 Å². The second-order valence-electron chi connectivity index (χ2n) is 5.21. The molecular formula is C14H22N2O3. The molecule has 0 aliphatic carbocycles. The fourth-order valence-corrected chi connectivity index (χ4v) is 1.56. The van der Waals surface area contributed by atoms with Crippen LogP contribution < -0.4 is 15.8 Å². The lowest BCUT2D eigenvalue weighted by molar-refractivity contribution is 0.0523. The average molecular weight is 266 g/mol. The third-order valence-corrected chi connectivity index (χ3v) is 2.41. The Morgan fingerprint density at radius 1 is 1.37 bits per heavy atom. The van der Waals surface area contributed by atoms with E-state index < -0.39 is 11.7 Å². The van der Waals surface area contributed by atoms with Crippen molar-refractivity contribution in [2.45, 2.75) is 39.5 Å². The first-order chi connectivity index (χ1) is 8.85. The zero-order valence-corrected chi connectivity index (χ0v) is 11.9. The number of hydrogen-bond acceptors (Lipinski definition) is 4. The topological polar surface area (TPSA) is 73.6 Å². The van der Waals surface area contributed by atoms with Crippen LogP contribution in [0.4, 0.5) is 4.79 Å². The number of alkyl carbamates (subject to hydrolysis) is 1. The van der Waals surface area contributed by atoms with Crippen LogP contribution in [-0.4, -0.2) is 18.8 Å². The summed E-state index contributed by atoms with van der Waals surface area (Å²) < 4.78 is 10.4. The number of rotatable bonds is 4. The van der Waals surface area contributed by atoms with Crippen molar-refractivity contribution >= 4 is 6.09 Å². The number of methoxy groups -OCH3 is 1.